The van der Waals surface area contributed by atoms with Crippen LogP contribution < -0.4 is 10.1 Å². The molecule has 0 aliphatic heterocycles. The van der Waals surface area contributed by atoms with E-state index in [9.17, 15) is 0 Å². The molecule has 2 atom stereocenters. The van der Waals surface area contributed by atoms with Crippen LogP contribution in [0, 0.1) is 5.92 Å². The highest BCUT2D eigenvalue weighted by molar-refractivity contribution is 5.35. The van der Waals surface area contributed by atoms with Gasteiger partial charge in [0.15, 0.2) is 0 Å². The van der Waals surface area contributed by atoms with Gasteiger partial charge in [-0.3, -0.25) is 0 Å². The van der Waals surface area contributed by atoms with E-state index in [-0.39, 0.29) is 6.10 Å². The fraction of sp³-hybridized carbons (Fsp3) is 0.684. The summed E-state index contributed by atoms with van der Waals surface area (Å²) in [4.78, 5) is 0. The van der Waals surface area contributed by atoms with E-state index in [1.165, 1.54) is 37.7 Å². The summed E-state index contributed by atoms with van der Waals surface area (Å²) in [7, 11) is 0. The topological polar surface area (TPSA) is 21.3 Å². The summed E-state index contributed by atoms with van der Waals surface area (Å²) in [6, 6.07) is 9.33. The van der Waals surface area contributed by atoms with Crippen molar-refractivity contribution in [1.29, 1.82) is 0 Å². The zero-order valence-electron chi connectivity index (χ0n) is 14.1. The van der Waals surface area contributed by atoms with Crippen molar-refractivity contribution in [3.63, 3.8) is 0 Å². The Labute approximate surface area is 130 Å². The van der Waals surface area contributed by atoms with Crippen LogP contribution in [-0.4, -0.2) is 12.1 Å². The van der Waals surface area contributed by atoms with Crippen molar-refractivity contribution in [3.05, 3.63) is 29.8 Å². The van der Waals surface area contributed by atoms with Crippen molar-refractivity contribution >= 4 is 0 Å². The number of ether oxygens (including phenoxy) is 1. The highest BCUT2D eigenvalue weighted by atomic mass is 16.5. The van der Waals surface area contributed by atoms with Gasteiger partial charge in [-0.15, -0.1) is 0 Å². The van der Waals surface area contributed by atoms with Crippen LogP contribution in [0.3, 0.4) is 0 Å². The monoisotopic (exact) mass is 289 g/mol. The van der Waals surface area contributed by atoms with E-state index in [1.807, 2.05) is 0 Å². The normalized spacial score (nSPS) is 19.5. The fourth-order valence-corrected chi connectivity index (χ4v) is 3.45. The van der Waals surface area contributed by atoms with Crippen LogP contribution >= 0.6 is 0 Å². The van der Waals surface area contributed by atoms with Crippen LogP contribution in [0.25, 0.3) is 0 Å². The first-order chi connectivity index (χ1) is 10.1. The Morgan fingerprint density at radius 1 is 1.00 bits per heavy atom. The van der Waals surface area contributed by atoms with Gasteiger partial charge in [0.25, 0.3) is 0 Å². The predicted molar refractivity (Wildman–Crippen MR) is 89.8 cm³/mol. The largest absolute Gasteiger partial charge is 0.491 e. The molecule has 2 nitrogen and oxygen atoms in total. The number of nitrogens with one attached hydrogen (secondary N) is 1. The quantitative estimate of drug-likeness (QED) is 0.787. The molecule has 1 fully saturated rings. The maximum Gasteiger partial charge on any atom is 0.124 e. The first kappa shape index (κ1) is 16.4. The summed E-state index contributed by atoms with van der Waals surface area (Å²) in [5.74, 6) is 1.85. The molecule has 0 amide bonds. The van der Waals surface area contributed by atoms with Crippen molar-refractivity contribution in [1.82, 2.24) is 5.32 Å². The predicted octanol–water partition coefficient (Wildman–Crippen LogP) is 5.09. The minimum atomic E-state index is 0.217. The molecule has 1 aliphatic carbocycles. The van der Waals surface area contributed by atoms with Gasteiger partial charge in [-0.1, -0.05) is 37.5 Å². The number of hydrogen-bond donors (Lipinski definition) is 1. The average molecular weight is 289 g/mol. The molecular formula is C19H31NO. The second kappa shape index (κ2) is 7.84. The van der Waals surface area contributed by atoms with Crippen LogP contribution in [0.1, 0.15) is 71.4 Å². The van der Waals surface area contributed by atoms with Gasteiger partial charge >= 0.3 is 0 Å². The average Bonchev–Trinajstić information content (AvgIpc) is 2.48. The van der Waals surface area contributed by atoms with E-state index in [4.69, 9.17) is 4.74 Å². The molecule has 1 aliphatic rings. The Morgan fingerprint density at radius 2 is 1.67 bits per heavy atom. The Balaban J connectivity index is 2.00. The van der Waals surface area contributed by atoms with Gasteiger partial charge in [0.05, 0.1) is 6.10 Å². The van der Waals surface area contributed by atoms with E-state index in [2.05, 4.69) is 57.3 Å². The molecule has 2 heteroatoms. The lowest BCUT2D eigenvalue weighted by Gasteiger charge is -2.31. The maximum atomic E-state index is 5.95. The Hall–Kier alpha value is -1.02. The van der Waals surface area contributed by atoms with Gasteiger partial charge in [-0.2, -0.15) is 0 Å². The number of hydrogen-bond acceptors (Lipinski definition) is 2. The summed E-state index contributed by atoms with van der Waals surface area (Å²) in [5.41, 5.74) is 1.27. The summed E-state index contributed by atoms with van der Waals surface area (Å²) in [5, 5.41) is 3.80. The summed E-state index contributed by atoms with van der Waals surface area (Å²) in [6.07, 6.45) is 7.20. The molecule has 1 N–H and O–H groups in total. The lowest BCUT2D eigenvalue weighted by atomic mass is 9.84. The molecule has 1 saturated carbocycles. The minimum Gasteiger partial charge on any atom is -0.491 e. The van der Waals surface area contributed by atoms with Crippen LogP contribution in [0.5, 0.6) is 5.75 Å². The molecule has 1 aromatic carbocycles. The van der Waals surface area contributed by atoms with Gasteiger partial charge in [-0.25, -0.2) is 0 Å². The maximum absolute atomic E-state index is 5.95. The third-order valence-electron chi connectivity index (χ3n) is 4.62. The second-order valence-electron chi connectivity index (χ2n) is 6.78. The van der Waals surface area contributed by atoms with Gasteiger partial charge in [0.1, 0.15) is 5.75 Å². The van der Waals surface area contributed by atoms with E-state index in [1.54, 1.807) is 0 Å². The van der Waals surface area contributed by atoms with Crippen LogP contribution in [0.15, 0.2) is 24.3 Å². The molecule has 2 rings (SSSR count). The molecule has 118 valence electrons. The van der Waals surface area contributed by atoms with Gasteiger partial charge < -0.3 is 10.1 Å². The third kappa shape index (κ3) is 4.74. The van der Waals surface area contributed by atoms with Crippen molar-refractivity contribution in [2.24, 2.45) is 5.92 Å². The minimum absolute atomic E-state index is 0.217. The lowest BCUT2D eigenvalue weighted by molar-refractivity contribution is 0.233. The first-order valence-electron chi connectivity index (χ1n) is 8.59. The van der Waals surface area contributed by atoms with Crippen LogP contribution in [-0.2, 0) is 0 Å². The third-order valence-corrected chi connectivity index (χ3v) is 4.62. The lowest BCUT2D eigenvalue weighted by Crippen LogP contribution is -2.36. The number of rotatable bonds is 6. The van der Waals surface area contributed by atoms with E-state index in [0.29, 0.717) is 12.1 Å². The van der Waals surface area contributed by atoms with Crippen molar-refractivity contribution in [2.45, 2.75) is 78.0 Å². The Kier molecular flexibility index (Phi) is 6.10. The molecule has 1 aromatic rings. The van der Waals surface area contributed by atoms with E-state index >= 15 is 0 Å². The molecular weight excluding hydrogens is 258 g/mol. The fourth-order valence-electron chi connectivity index (χ4n) is 3.45. The standard InChI is InChI=1S/C19H31NO/c1-14(2)21-19-13-9-8-12-18(19)16(4)20-15(3)17-10-6-5-7-11-17/h8-9,12-17,20H,5-7,10-11H2,1-4H3. The zero-order valence-corrected chi connectivity index (χ0v) is 14.1. The van der Waals surface area contributed by atoms with Crippen molar-refractivity contribution in [2.75, 3.05) is 0 Å². The molecule has 0 radical (unpaired) electrons. The summed E-state index contributed by atoms with van der Waals surface area (Å²) >= 11 is 0. The molecule has 0 aromatic heterocycles. The summed E-state index contributed by atoms with van der Waals surface area (Å²) in [6.45, 7) is 8.76. The number of para-hydroxylation sites is 1. The smallest absolute Gasteiger partial charge is 0.124 e. The second-order valence-corrected chi connectivity index (χ2v) is 6.78. The molecule has 0 bridgehead atoms. The van der Waals surface area contributed by atoms with Gasteiger partial charge in [-0.05, 0) is 52.5 Å². The molecule has 2 unspecified atom stereocenters. The Bertz CT molecular complexity index is 423. The van der Waals surface area contributed by atoms with E-state index < -0.39 is 0 Å². The molecule has 0 heterocycles. The van der Waals surface area contributed by atoms with Gasteiger partial charge in [0, 0.05) is 17.6 Å². The summed E-state index contributed by atoms with van der Waals surface area (Å²) < 4.78 is 5.95. The SMILES string of the molecule is CC(C)Oc1ccccc1C(C)NC(C)C1CCCCC1. The zero-order chi connectivity index (χ0) is 15.2. The van der Waals surface area contributed by atoms with Crippen LogP contribution in [0.2, 0.25) is 0 Å². The highest BCUT2D eigenvalue weighted by Gasteiger charge is 2.22. The van der Waals surface area contributed by atoms with E-state index in [0.717, 1.165) is 11.7 Å². The molecule has 21 heavy (non-hydrogen) atoms. The van der Waals surface area contributed by atoms with Crippen molar-refractivity contribution in [3.8, 4) is 5.75 Å². The number of benzene rings is 1. The molecule has 0 saturated heterocycles. The highest BCUT2D eigenvalue weighted by Crippen LogP contribution is 2.30. The van der Waals surface area contributed by atoms with Crippen LogP contribution in [0.4, 0.5) is 0 Å². The van der Waals surface area contributed by atoms with Crippen molar-refractivity contribution < 1.29 is 4.74 Å². The Morgan fingerprint density at radius 3 is 2.33 bits per heavy atom. The first-order valence-corrected chi connectivity index (χ1v) is 8.59. The van der Waals surface area contributed by atoms with Gasteiger partial charge in [0.2, 0.25) is 0 Å². The molecule has 0 spiro atoms.